The lowest BCUT2D eigenvalue weighted by Gasteiger charge is -2.11. The fourth-order valence-electron chi connectivity index (χ4n) is 2.08. The monoisotopic (exact) mass is 339 g/mol. The molecule has 0 bridgehead atoms. The first-order chi connectivity index (χ1) is 11.9. The van der Waals surface area contributed by atoms with Crippen LogP contribution in [0.15, 0.2) is 30.3 Å². The Morgan fingerprint density at radius 2 is 1.96 bits per heavy atom. The van der Waals surface area contributed by atoms with E-state index in [0.717, 1.165) is 0 Å². The number of ether oxygens (including phenoxy) is 1. The van der Waals surface area contributed by atoms with Crippen LogP contribution >= 0.6 is 0 Å². The fourth-order valence-corrected chi connectivity index (χ4v) is 2.08. The molecule has 1 heterocycles. The molecule has 128 valence electrons. The molecule has 0 atom stereocenters. The molecule has 0 radical (unpaired) electrons. The van der Waals surface area contributed by atoms with E-state index in [1.54, 1.807) is 31.2 Å². The summed E-state index contributed by atoms with van der Waals surface area (Å²) in [6.45, 7) is 3.41. The SMILES string of the molecule is CCOc1nc(C(=O)Nc2cccc(NC(C)=O)c2)cc(N)c1C#N. The third-order valence-electron chi connectivity index (χ3n) is 3.08. The summed E-state index contributed by atoms with van der Waals surface area (Å²) in [5.74, 6) is -0.717. The molecule has 8 nitrogen and oxygen atoms in total. The third kappa shape index (κ3) is 4.45. The average molecular weight is 339 g/mol. The van der Waals surface area contributed by atoms with Crippen LogP contribution < -0.4 is 21.1 Å². The number of nitriles is 1. The highest BCUT2D eigenvalue weighted by Gasteiger charge is 2.16. The first-order valence-electron chi connectivity index (χ1n) is 7.47. The molecule has 2 amide bonds. The Balaban J connectivity index is 2.27. The highest BCUT2D eigenvalue weighted by Crippen LogP contribution is 2.23. The smallest absolute Gasteiger partial charge is 0.274 e. The number of hydrogen-bond acceptors (Lipinski definition) is 6. The van der Waals surface area contributed by atoms with E-state index < -0.39 is 5.91 Å². The largest absolute Gasteiger partial charge is 0.477 e. The van der Waals surface area contributed by atoms with Gasteiger partial charge in [-0.1, -0.05) is 6.07 Å². The third-order valence-corrected chi connectivity index (χ3v) is 3.08. The van der Waals surface area contributed by atoms with Gasteiger partial charge in [-0.05, 0) is 31.2 Å². The lowest BCUT2D eigenvalue weighted by Crippen LogP contribution is -2.16. The number of nitrogens with zero attached hydrogens (tertiary/aromatic N) is 2. The number of nitrogens with one attached hydrogen (secondary N) is 2. The van der Waals surface area contributed by atoms with Gasteiger partial charge in [0.15, 0.2) is 0 Å². The number of rotatable bonds is 5. The van der Waals surface area contributed by atoms with Crippen LogP contribution in [0.1, 0.15) is 29.9 Å². The molecule has 0 saturated carbocycles. The summed E-state index contributed by atoms with van der Waals surface area (Å²) in [5.41, 5.74) is 7.04. The molecule has 1 aromatic heterocycles. The van der Waals surface area contributed by atoms with E-state index in [1.807, 2.05) is 6.07 Å². The van der Waals surface area contributed by atoms with Crippen LogP contribution in [-0.4, -0.2) is 23.4 Å². The van der Waals surface area contributed by atoms with Gasteiger partial charge in [-0.3, -0.25) is 9.59 Å². The Bertz CT molecular complexity index is 858. The van der Waals surface area contributed by atoms with Gasteiger partial charge >= 0.3 is 0 Å². The maximum Gasteiger partial charge on any atom is 0.274 e. The molecule has 8 heteroatoms. The predicted molar refractivity (Wildman–Crippen MR) is 93.2 cm³/mol. The van der Waals surface area contributed by atoms with Crippen molar-refractivity contribution in [3.63, 3.8) is 0 Å². The second-order valence-electron chi connectivity index (χ2n) is 5.04. The van der Waals surface area contributed by atoms with E-state index in [2.05, 4.69) is 15.6 Å². The summed E-state index contributed by atoms with van der Waals surface area (Å²) in [4.78, 5) is 27.6. The number of pyridine rings is 1. The molecule has 0 fully saturated rings. The molecule has 0 aliphatic rings. The second-order valence-corrected chi connectivity index (χ2v) is 5.04. The summed E-state index contributed by atoms with van der Waals surface area (Å²) in [6.07, 6.45) is 0. The summed E-state index contributed by atoms with van der Waals surface area (Å²) < 4.78 is 5.27. The van der Waals surface area contributed by atoms with Crippen LogP contribution in [0.2, 0.25) is 0 Å². The van der Waals surface area contributed by atoms with Crippen molar-refractivity contribution in [3.05, 3.63) is 41.6 Å². The quantitative estimate of drug-likeness (QED) is 0.765. The van der Waals surface area contributed by atoms with E-state index in [1.165, 1.54) is 13.0 Å². The van der Waals surface area contributed by atoms with Crippen molar-refractivity contribution in [3.8, 4) is 11.9 Å². The van der Waals surface area contributed by atoms with Gasteiger partial charge in [0, 0.05) is 18.3 Å². The Kier molecular flexibility index (Phi) is 5.53. The molecule has 0 aliphatic heterocycles. The standard InChI is InChI=1S/C17H17N5O3/c1-3-25-17-13(9-18)14(19)8-15(22-17)16(24)21-12-6-4-5-11(7-12)20-10(2)23/h4-8H,3H2,1-2H3,(H2,19,22)(H,20,23)(H,21,24). The zero-order chi connectivity index (χ0) is 18.4. The minimum Gasteiger partial charge on any atom is -0.477 e. The van der Waals surface area contributed by atoms with Crippen LogP contribution in [0.25, 0.3) is 0 Å². The van der Waals surface area contributed by atoms with Gasteiger partial charge in [0.2, 0.25) is 11.8 Å². The molecule has 4 N–H and O–H groups in total. The number of nitrogen functional groups attached to an aromatic ring is 1. The topological polar surface area (TPSA) is 130 Å². The zero-order valence-electron chi connectivity index (χ0n) is 13.8. The van der Waals surface area contributed by atoms with E-state index in [0.29, 0.717) is 11.4 Å². The molecule has 2 rings (SSSR count). The molecule has 0 unspecified atom stereocenters. The van der Waals surface area contributed by atoms with Gasteiger partial charge in [-0.25, -0.2) is 4.98 Å². The van der Waals surface area contributed by atoms with Gasteiger partial charge in [0.05, 0.1) is 12.3 Å². The Morgan fingerprint density at radius 3 is 2.56 bits per heavy atom. The maximum atomic E-state index is 12.4. The summed E-state index contributed by atoms with van der Waals surface area (Å²) in [6, 6.07) is 9.88. The predicted octanol–water partition coefficient (Wildman–Crippen LogP) is 2.14. The number of carbonyl (C=O) groups is 2. The number of nitrogens with two attached hydrogens (primary N) is 1. The van der Waals surface area contributed by atoms with Crippen molar-refractivity contribution in [2.75, 3.05) is 23.0 Å². The van der Waals surface area contributed by atoms with E-state index in [-0.39, 0.29) is 35.3 Å². The highest BCUT2D eigenvalue weighted by molar-refractivity contribution is 6.04. The fraction of sp³-hybridized carbons (Fsp3) is 0.176. The number of anilines is 3. The van der Waals surface area contributed by atoms with Gasteiger partial charge in [0.25, 0.3) is 5.91 Å². The molecule has 25 heavy (non-hydrogen) atoms. The lowest BCUT2D eigenvalue weighted by atomic mass is 10.2. The van der Waals surface area contributed by atoms with Crippen LogP contribution in [0.4, 0.5) is 17.1 Å². The lowest BCUT2D eigenvalue weighted by molar-refractivity contribution is -0.114. The minimum absolute atomic E-state index is 0.0159. The first kappa shape index (κ1) is 17.7. The van der Waals surface area contributed by atoms with Crippen LogP contribution in [0.5, 0.6) is 5.88 Å². The Hall–Kier alpha value is -3.60. The number of aromatic nitrogens is 1. The first-order valence-corrected chi connectivity index (χ1v) is 7.47. The zero-order valence-corrected chi connectivity index (χ0v) is 13.8. The Morgan fingerprint density at radius 1 is 1.28 bits per heavy atom. The normalized spacial score (nSPS) is 9.80. The Labute approximate surface area is 144 Å². The van der Waals surface area contributed by atoms with Crippen LogP contribution in [-0.2, 0) is 4.79 Å². The van der Waals surface area contributed by atoms with Gasteiger partial charge in [-0.2, -0.15) is 5.26 Å². The number of benzene rings is 1. The van der Waals surface area contributed by atoms with Crippen LogP contribution in [0, 0.1) is 11.3 Å². The van der Waals surface area contributed by atoms with Crippen LogP contribution in [0.3, 0.4) is 0 Å². The molecule has 2 aromatic rings. The molecule has 0 spiro atoms. The molecular weight excluding hydrogens is 322 g/mol. The van der Waals surface area contributed by atoms with Gasteiger partial charge in [-0.15, -0.1) is 0 Å². The van der Waals surface area contributed by atoms with E-state index >= 15 is 0 Å². The number of carbonyl (C=O) groups excluding carboxylic acids is 2. The van der Waals surface area contributed by atoms with Gasteiger partial charge in [0.1, 0.15) is 17.3 Å². The average Bonchev–Trinajstić information content (AvgIpc) is 2.54. The van der Waals surface area contributed by atoms with Crippen molar-refractivity contribution >= 4 is 28.9 Å². The highest BCUT2D eigenvalue weighted by atomic mass is 16.5. The summed E-state index contributed by atoms with van der Waals surface area (Å²) >= 11 is 0. The number of hydrogen-bond donors (Lipinski definition) is 3. The minimum atomic E-state index is -0.517. The van der Waals surface area contributed by atoms with E-state index in [9.17, 15) is 9.59 Å². The number of amides is 2. The van der Waals surface area contributed by atoms with Crippen molar-refractivity contribution in [1.82, 2.24) is 4.98 Å². The second kappa shape index (κ2) is 7.79. The van der Waals surface area contributed by atoms with Crippen molar-refractivity contribution in [1.29, 1.82) is 5.26 Å². The molecule has 0 saturated heterocycles. The van der Waals surface area contributed by atoms with E-state index in [4.69, 9.17) is 15.7 Å². The van der Waals surface area contributed by atoms with Crippen molar-refractivity contribution in [2.45, 2.75) is 13.8 Å². The molecular formula is C17H17N5O3. The van der Waals surface area contributed by atoms with Gasteiger partial charge < -0.3 is 21.1 Å². The summed E-state index contributed by atoms with van der Waals surface area (Å²) in [5, 5.41) is 14.4. The van der Waals surface area contributed by atoms with Crippen molar-refractivity contribution < 1.29 is 14.3 Å². The summed E-state index contributed by atoms with van der Waals surface area (Å²) in [7, 11) is 0. The maximum absolute atomic E-state index is 12.4. The van der Waals surface area contributed by atoms with Crippen molar-refractivity contribution in [2.24, 2.45) is 0 Å². The molecule has 1 aromatic carbocycles. The molecule has 0 aliphatic carbocycles.